The van der Waals surface area contributed by atoms with Crippen molar-refractivity contribution < 1.29 is 139 Å². The summed E-state index contributed by atoms with van der Waals surface area (Å²) < 4.78 is 16.8. The number of hydrogen-bond acceptors (Lipinski definition) is 42. The van der Waals surface area contributed by atoms with Gasteiger partial charge in [-0.15, -0.1) is 0 Å². The molecule has 0 unspecified atom stereocenters. The number of amides is 4. The predicted molar refractivity (Wildman–Crippen MR) is 361 cm³/mol. The van der Waals surface area contributed by atoms with Crippen molar-refractivity contribution in [1.82, 2.24) is 74.4 Å². The van der Waals surface area contributed by atoms with Crippen molar-refractivity contribution in [3.05, 3.63) is 0 Å². The molecule has 0 saturated carbocycles. The molecule has 0 heterocycles. The molecule has 0 aromatic rings. The van der Waals surface area contributed by atoms with E-state index in [0.29, 0.717) is 91.6 Å². The predicted octanol–water partition coefficient (Wildman–Crippen LogP) is -21.4. The van der Waals surface area contributed by atoms with E-state index >= 15 is 0 Å². The molecular formula is C56H122N18O28. The van der Waals surface area contributed by atoms with Gasteiger partial charge in [0.25, 0.3) is 23.6 Å². The zero-order chi connectivity index (χ0) is 78.4. The molecule has 46 nitrogen and oxygen atoms in total. The quantitative estimate of drug-likeness (QED) is 0.0153. The van der Waals surface area contributed by atoms with Crippen molar-refractivity contribution in [3.8, 4) is 0 Å². The summed E-state index contributed by atoms with van der Waals surface area (Å²) in [5.41, 5.74) is 21.3. The molecule has 0 saturated heterocycles. The molecule has 0 aliphatic rings. The van der Waals surface area contributed by atoms with Crippen LogP contribution in [0.4, 0.5) is 0 Å². The van der Waals surface area contributed by atoms with E-state index in [9.17, 15) is 120 Å². The number of ether oxygens (including phenoxy) is 4. The van der Waals surface area contributed by atoms with E-state index in [4.69, 9.17) is 22.9 Å². The Bertz CT molecular complexity index is 2140. The Kier molecular flexibility index (Phi) is 68.0. The Morgan fingerprint density at radius 1 is 0.216 bits per heavy atom. The molecule has 0 bridgehead atoms. The molecule has 0 aliphatic heterocycles. The Balaban J connectivity index is -0.000000633. The maximum Gasteiger partial charge on any atom is 0.337 e. The van der Waals surface area contributed by atoms with Crippen LogP contribution in [0.3, 0.4) is 0 Å². The van der Waals surface area contributed by atoms with Gasteiger partial charge in [0, 0.05) is 183 Å². The van der Waals surface area contributed by atoms with Crippen LogP contribution in [0, 0.1) is 0 Å². The molecule has 16 atom stereocenters. The fraction of sp³-hybridized carbons (Fsp3) is 0.857. The summed E-state index contributed by atoms with van der Waals surface area (Å²) in [6.07, 6.45) is -32.8. The van der Waals surface area contributed by atoms with Crippen molar-refractivity contribution >= 4 is 47.5 Å². The molecule has 46 heteroatoms. The van der Waals surface area contributed by atoms with Crippen LogP contribution >= 0.6 is 0 Å². The summed E-state index contributed by atoms with van der Waals surface area (Å²) in [5, 5.41) is 194. The van der Waals surface area contributed by atoms with Crippen LogP contribution in [-0.4, -0.2) is 439 Å². The third-order valence-corrected chi connectivity index (χ3v) is 13.4. The minimum absolute atomic E-state index is 0.165. The second-order valence-electron chi connectivity index (χ2n) is 21.4. The molecule has 4 amide bonds. The van der Waals surface area contributed by atoms with E-state index in [2.05, 4.69) is 93.4 Å². The van der Waals surface area contributed by atoms with Gasteiger partial charge >= 0.3 is 23.9 Å². The van der Waals surface area contributed by atoms with Crippen LogP contribution in [0.25, 0.3) is 0 Å². The van der Waals surface area contributed by atoms with Gasteiger partial charge in [-0.3, -0.25) is 19.2 Å². The topological polar surface area (TPSA) is 770 Å². The summed E-state index contributed by atoms with van der Waals surface area (Å²) in [6.45, 7) is 16.7. The van der Waals surface area contributed by atoms with E-state index < -0.39 is 145 Å². The molecule has 0 fully saturated rings. The number of nitrogens with one attached hydrogen (secondary N) is 14. The van der Waals surface area contributed by atoms with Gasteiger partial charge in [0.05, 0.1) is 28.4 Å². The van der Waals surface area contributed by atoms with Gasteiger partial charge in [0.15, 0.2) is 48.8 Å². The number of carbonyl (C=O) groups is 8. The maximum absolute atomic E-state index is 11.8. The fourth-order valence-electron chi connectivity index (χ4n) is 7.39. The van der Waals surface area contributed by atoms with Crippen LogP contribution in [0.5, 0.6) is 0 Å². The van der Waals surface area contributed by atoms with E-state index in [-0.39, 0.29) is 26.2 Å². The molecule has 0 radical (unpaired) electrons. The molecular weight excluding hydrogens is 1370 g/mol. The lowest BCUT2D eigenvalue weighted by Gasteiger charge is -2.24. The number of rotatable bonds is 58. The third-order valence-electron chi connectivity index (χ3n) is 13.4. The fourth-order valence-corrected chi connectivity index (χ4v) is 7.39. The first kappa shape index (κ1) is 103. The van der Waals surface area contributed by atoms with E-state index in [1.807, 2.05) is 0 Å². The van der Waals surface area contributed by atoms with E-state index in [0.717, 1.165) is 93.9 Å². The number of hydrogen-bond donors (Lipinski definition) is 34. The lowest BCUT2D eigenvalue weighted by Crippen LogP contribution is -2.53. The van der Waals surface area contributed by atoms with E-state index in [1.54, 1.807) is 0 Å². The van der Waals surface area contributed by atoms with Crippen LogP contribution in [0.15, 0.2) is 0 Å². The van der Waals surface area contributed by atoms with Crippen LogP contribution in [0.1, 0.15) is 0 Å². The molecule has 0 spiro atoms. The van der Waals surface area contributed by atoms with Crippen molar-refractivity contribution in [3.63, 3.8) is 0 Å². The van der Waals surface area contributed by atoms with Crippen molar-refractivity contribution in [2.45, 2.75) is 97.7 Å². The molecule has 0 aromatic heterocycles. The molecule has 604 valence electrons. The standard InChI is InChI=1S/C17H38N6O7.C15H33N5O7.C13H28N4O7.C11H23N3O7/c1-30-17(29)15(27)13(25)12(24)14(26)16(28)23-11-10-22-9-8-21-7-6-20-5-4-19-3-2-18;1-27-15(26)13(24)11(22)10(21)12(23)14(25)20-9-8-19-7-6-18-5-4-17-3-2-16;1-24-13(23)11(21)9(19)8(18)10(20)12(22)17-7-6-16-5-4-15-3-2-14;1-21-11(20)9(18)7(16)6(15)8(17)10(19)14-5-4-13-3-2-12/h12-15,19-22,24-27H,2-11,18H2,1H3,(H,23,28);10-13,17-19,21-24H,2-9,16H2,1H3,(H,20,25);8-11,15-16,18-21H,2-7,14H2,1H3,(H,17,22);6-9,13,15-18H,2-5,12H2,1H3,(H,14,19)/t12-,13-,14+,15-;10-,11-,12+,13-;8-,9-,10+,11-;6-,7-,8+,9-/m0000/s1. The maximum atomic E-state index is 11.8. The average molecular weight is 1500 g/mol. The second kappa shape index (κ2) is 67.4. The van der Waals surface area contributed by atoms with Gasteiger partial charge in [-0.05, 0) is 0 Å². The molecule has 38 N–H and O–H groups in total. The lowest BCUT2D eigenvalue weighted by atomic mass is 10.0. The van der Waals surface area contributed by atoms with Gasteiger partial charge in [-0.2, -0.15) is 0 Å². The number of carbonyl (C=O) groups excluding carboxylic acids is 8. The highest BCUT2D eigenvalue weighted by molar-refractivity contribution is 5.83. The number of nitrogens with two attached hydrogens (primary N) is 4. The monoisotopic (exact) mass is 1490 g/mol. The second-order valence-corrected chi connectivity index (χ2v) is 21.4. The normalized spacial score (nSPS) is 15.8. The first-order valence-corrected chi connectivity index (χ1v) is 32.6. The first-order chi connectivity index (χ1) is 48.4. The van der Waals surface area contributed by atoms with E-state index in [1.165, 1.54) is 0 Å². The summed E-state index contributed by atoms with van der Waals surface area (Å²) in [6, 6.07) is 0. The lowest BCUT2D eigenvalue weighted by molar-refractivity contribution is -0.169. The average Bonchev–Trinajstić information content (AvgIpc) is 0.892. The third kappa shape index (κ3) is 50.1. The molecule has 0 aliphatic carbocycles. The largest absolute Gasteiger partial charge is 0.467 e. The van der Waals surface area contributed by atoms with Gasteiger partial charge in [-0.25, -0.2) is 19.2 Å². The van der Waals surface area contributed by atoms with Gasteiger partial charge in [-0.1, -0.05) is 0 Å². The van der Waals surface area contributed by atoms with Crippen LogP contribution in [-0.2, 0) is 57.3 Å². The Morgan fingerprint density at radius 3 is 0.461 bits per heavy atom. The minimum atomic E-state index is -2.08. The Labute approximate surface area is 591 Å². The summed E-state index contributed by atoms with van der Waals surface area (Å²) >= 11 is 0. The zero-order valence-corrected chi connectivity index (χ0v) is 58.4. The Hall–Kier alpha value is -5.44. The highest BCUT2D eigenvalue weighted by Gasteiger charge is 2.41. The smallest absolute Gasteiger partial charge is 0.337 e. The number of esters is 4. The summed E-state index contributed by atoms with van der Waals surface area (Å²) in [4.78, 5) is 90.9. The first-order valence-electron chi connectivity index (χ1n) is 32.6. The molecule has 0 aromatic carbocycles. The number of aliphatic hydroxyl groups excluding tert-OH is 16. The highest BCUT2D eigenvalue weighted by atomic mass is 16.6. The summed E-state index contributed by atoms with van der Waals surface area (Å²) in [5.74, 6) is -8.55. The van der Waals surface area contributed by atoms with Crippen molar-refractivity contribution in [2.24, 2.45) is 22.9 Å². The molecule has 0 rings (SSSR count). The number of methoxy groups -OCH3 is 4. The van der Waals surface area contributed by atoms with Crippen LogP contribution < -0.4 is 97.4 Å². The SMILES string of the molecule is COC(=O)[C@@H](O)[C@@H](O)[C@H](O)[C@@H](O)C(=O)NCCNCCN.COC(=O)[C@@H](O)[C@@H](O)[C@H](O)[C@@H](O)C(=O)NCCNCCNCCN.COC(=O)[C@@H](O)[C@@H](O)[C@H](O)[C@@H](O)C(=O)NCCNCCNCCNCCN.COC(=O)[C@@H](O)[C@@H](O)[C@H](O)[C@@H](O)C(=O)NCCNCCNCCNCCNCCN. The molecule has 102 heavy (non-hydrogen) atoms. The van der Waals surface area contributed by atoms with Gasteiger partial charge in [0.1, 0.15) is 48.8 Å². The minimum Gasteiger partial charge on any atom is -0.467 e. The number of aliphatic hydroxyl groups is 16. The highest BCUT2D eigenvalue weighted by Crippen LogP contribution is 2.10. The Morgan fingerprint density at radius 2 is 0.333 bits per heavy atom. The zero-order valence-electron chi connectivity index (χ0n) is 58.4. The van der Waals surface area contributed by atoms with Crippen molar-refractivity contribution in [2.75, 3.05) is 212 Å². The van der Waals surface area contributed by atoms with Gasteiger partial charge in [0.2, 0.25) is 0 Å². The van der Waals surface area contributed by atoms with Crippen LogP contribution in [0.2, 0.25) is 0 Å². The van der Waals surface area contributed by atoms with Crippen molar-refractivity contribution in [1.29, 1.82) is 0 Å². The van der Waals surface area contributed by atoms with Gasteiger partial charge < -0.3 is 198 Å². The summed E-state index contributed by atoms with van der Waals surface area (Å²) in [7, 11) is 3.92.